The molecule has 0 fully saturated rings. The minimum Gasteiger partial charge on any atom is -0.467 e. The lowest BCUT2D eigenvalue weighted by Gasteiger charge is -2.23. The molecule has 0 radical (unpaired) electrons. The molecule has 1 aromatic rings. The molecule has 0 aliphatic carbocycles. The van der Waals surface area contributed by atoms with Gasteiger partial charge in [-0.2, -0.15) is 15.0 Å². The Morgan fingerprint density at radius 1 is 1.15 bits per heavy atom. The molecule has 0 bridgehead atoms. The summed E-state index contributed by atoms with van der Waals surface area (Å²) in [6.45, 7) is 5.15. The van der Waals surface area contributed by atoms with Crippen LogP contribution in [0.5, 0.6) is 6.01 Å². The summed E-state index contributed by atoms with van der Waals surface area (Å²) in [5.74, 6) is 0.781. The van der Waals surface area contributed by atoms with Crippen molar-refractivity contribution in [2.24, 2.45) is 0 Å². The third-order valence-corrected chi connectivity index (χ3v) is 2.60. The molecule has 0 saturated carbocycles. The Hall–Kier alpha value is -1.67. The molecule has 0 saturated heterocycles. The highest BCUT2D eigenvalue weighted by atomic mass is 16.5. The average Bonchev–Trinajstić information content (AvgIpc) is 2.43. The van der Waals surface area contributed by atoms with E-state index < -0.39 is 5.60 Å². The van der Waals surface area contributed by atoms with Gasteiger partial charge >= 0.3 is 6.01 Å². The maximum atomic E-state index is 10.1. The molecular weight excluding hydrogens is 262 g/mol. The fraction of sp³-hybridized carbons (Fsp3) is 0.750. The SMILES string of the molecule is CCNc1nc(NCC(C)(O)CCOC)nc(OC)n1. The largest absolute Gasteiger partial charge is 0.467 e. The first-order valence-corrected chi connectivity index (χ1v) is 6.50. The van der Waals surface area contributed by atoms with Gasteiger partial charge in [-0.25, -0.2) is 0 Å². The lowest BCUT2D eigenvalue weighted by Crippen LogP contribution is -2.35. The Labute approximate surface area is 118 Å². The van der Waals surface area contributed by atoms with E-state index in [1.807, 2.05) is 6.92 Å². The number of methoxy groups -OCH3 is 2. The minimum absolute atomic E-state index is 0.218. The first-order valence-electron chi connectivity index (χ1n) is 6.50. The second-order valence-corrected chi connectivity index (χ2v) is 4.59. The van der Waals surface area contributed by atoms with Crippen molar-refractivity contribution < 1.29 is 14.6 Å². The van der Waals surface area contributed by atoms with Gasteiger partial charge in [-0.1, -0.05) is 0 Å². The number of ether oxygens (including phenoxy) is 2. The van der Waals surface area contributed by atoms with Crippen LogP contribution in [0.15, 0.2) is 0 Å². The van der Waals surface area contributed by atoms with Crippen LogP contribution in [-0.4, -0.2) is 59.6 Å². The van der Waals surface area contributed by atoms with Gasteiger partial charge in [-0.15, -0.1) is 0 Å². The zero-order valence-corrected chi connectivity index (χ0v) is 12.4. The molecule has 1 atom stereocenters. The van der Waals surface area contributed by atoms with E-state index in [9.17, 15) is 5.11 Å². The van der Waals surface area contributed by atoms with Crippen molar-refractivity contribution >= 4 is 11.9 Å². The van der Waals surface area contributed by atoms with E-state index in [1.165, 1.54) is 7.11 Å². The summed E-state index contributed by atoms with van der Waals surface area (Å²) in [6.07, 6.45) is 0.513. The van der Waals surface area contributed by atoms with Crippen LogP contribution in [0.3, 0.4) is 0 Å². The summed E-state index contributed by atoms with van der Waals surface area (Å²) in [7, 11) is 3.09. The second-order valence-electron chi connectivity index (χ2n) is 4.59. The van der Waals surface area contributed by atoms with E-state index in [2.05, 4.69) is 25.6 Å². The molecule has 3 N–H and O–H groups in total. The number of nitrogens with one attached hydrogen (secondary N) is 2. The Morgan fingerprint density at radius 2 is 1.80 bits per heavy atom. The van der Waals surface area contributed by atoms with E-state index in [-0.39, 0.29) is 6.01 Å². The number of aliphatic hydroxyl groups is 1. The number of rotatable bonds is 9. The normalized spacial score (nSPS) is 13.7. The number of anilines is 2. The fourth-order valence-corrected chi connectivity index (χ4v) is 1.44. The zero-order chi connectivity index (χ0) is 15.0. The van der Waals surface area contributed by atoms with Crippen molar-refractivity contribution in [3.05, 3.63) is 0 Å². The van der Waals surface area contributed by atoms with Gasteiger partial charge in [0.1, 0.15) is 0 Å². The molecule has 0 aromatic carbocycles. The third-order valence-electron chi connectivity index (χ3n) is 2.60. The van der Waals surface area contributed by atoms with Gasteiger partial charge < -0.3 is 25.2 Å². The Kier molecular flexibility index (Phi) is 6.40. The van der Waals surface area contributed by atoms with Crippen molar-refractivity contribution in [3.63, 3.8) is 0 Å². The summed E-state index contributed by atoms with van der Waals surface area (Å²) in [4.78, 5) is 12.3. The van der Waals surface area contributed by atoms with Gasteiger partial charge in [0.2, 0.25) is 11.9 Å². The molecule has 0 amide bonds. The summed E-state index contributed by atoms with van der Waals surface area (Å²) >= 11 is 0. The van der Waals surface area contributed by atoms with Crippen molar-refractivity contribution in [2.75, 3.05) is 44.5 Å². The third kappa shape index (κ3) is 5.54. The van der Waals surface area contributed by atoms with Crippen LogP contribution in [0.25, 0.3) is 0 Å². The Balaban J connectivity index is 2.68. The number of hydrogen-bond donors (Lipinski definition) is 3. The first kappa shape index (κ1) is 16.4. The van der Waals surface area contributed by atoms with Gasteiger partial charge in [0.05, 0.1) is 12.7 Å². The van der Waals surface area contributed by atoms with Gasteiger partial charge in [0, 0.05) is 33.2 Å². The van der Waals surface area contributed by atoms with E-state index in [0.29, 0.717) is 38.0 Å². The maximum Gasteiger partial charge on any atom is 0.322 e. The fourth-order valence-electron chi connectivity index (χ4n) is 1.44. The lowest BCUT2D eigenvalue weighted by atomic mass is 10.0. The van der Waals surface area contributed by atoms with Crippen molar-refractivity contribution in [3.8, 4) is 6.01 Å². The van der Waals surface area contributed by atoms with Crippen LogP contribution in [0.2, 0.25) is 0 Å². The number of hydrogen-bond acceptors (Lipinski definition) is 8. The molecule has 0 spiro atoms. The molecule has 114 valence electrons. The Bertz CT molecular complexity index is 414. The maximum absolute atomic E-state index is 10.1. The minimum atomic E-state index is -0.909. The van der Waals surface area contributed by atoms with Crippen molar-refractivity contribution in [1.29, 1.82) is 0 Å². The number of aromatic nitrogens is 3. The van der Waals surface area contributed by atoms with E-state index >= 15 is 0 Å². The van der Waals surface area contributed by atoms with E-state index in [1.54, 1.807) is 14.0 Å². The highest BCUT2D eigenvalue weighted by Crippen LogP contribution is 2.13. The Morgan fingerprint density at radius 3 is 2.35 bits per heavy atom. The average molecular weight is 285 g/mol. The molecule has 20 heavy (non-hydrogen) atoms. The molecule has 1 rings (SSSR count). The summed E-state index contributed by atoms with van der Waals surface area (Å²) < 4.78 is 9.97. The highest BCUT2D eigenvalue weighted by molar-refractivity contribution is 5.36. The number of nitrogens with zero attached hydrogens (tertiary/aromatic N) is 3. The van der Waals surface area contributed by atoms with Crippen LogP contribution in [0.4, 0.5) is 11.9 Å². The van der Waals surface area contributed by atoms with Crippen molar-refractivity contribution in [1.82, 2.24) is 15.0 Å². The summed E-state index contributed by atoms with van der Waals surface area (Å²) in [5.41, 5.74) is -0.909. The predicted octanol–water partition coefficient (Wildman–Crippen LogP) is 0.511. The molecule has 1 heterocycles. The molecule has 0 aliphatic heterocycles. The topological polar surface area (TPSA) is 101 Å². The molecule has 1 unspecified atom stereocenters. The first-order chi connectivity index (χ1) is 9.50. The van der Waals surface area contributed by atoms with Gasteiger partial charge in [-0.05, 0) is 13.8 Å². The van der Waals surface area contributed by atoms with Gasteiger partial charge in [0.25, 0.3) is 0 Å². The summed E-state index contributed by atoms with van der Waals surface area (Å²) in [6, 6.07) is 0.218. The molecular formula is C12H23N5O3. The standard InChI is InChI=1S/C12H23N5O3/c1-5-13-9-15-10(17-11(16-9)20-4)14-8-12(2,18)6-7-19-3/h18H,5-8H2,1-4H3,(H2,13,14,15,16,17). The van der Waals surface area contributed by atoms with Crippen molar-refractivity contribution in [2.45, 2.75) is 25.9 Å². The second kappa shape index (κ2) is 7.81. The lowest BCUT2D eigenvalue weighted by molar-refractivity contribution is 0.0356. The predicted molar refractivity (Wildman–Crippen MR) is 76.1 cm³/mol. The molecule has 8 heteroatoms. The molecule has 0 aliphatic rings. The van der Waals surface area contributed by atoms with Crippen LogP contribution >= 0.6 is 0 Å². The van der Waals surface area contributed by atoms with Crippen LogP contribution < -0.4 is 15.4 Å². The van der Waals surface area contributed by atoms with E-state index in [4.69, 9.17) is 9.47 Å². The summed E-state index contributed by atoms with van der Waals surface area (Å²) in [5, 5.41) is 16.1. The van der Waals surface area contributed by atoms with Gasteiger partial charge in [0.15, 0.2) is 0 Å². The van der Waals surface area contributed by atoms with Gasteiger partial charge in [-0.3, -0.25) is 0 Å². The molecule has 1 aromatic heterocycles. The quantitative estimate of drug-likeness (QED) is 0.603. The monoisotopic (exact) mass is 285 g/mol. The molecule has 8 nitrogen and oxygen atoms in total. The zero-order valence-electron chi connectivity index (χ0n) is 12.4. The van der Waals surface area contributed by atoms with Crippen LogP contribution in [0.1, 0.15) is 20.3 Å². The van der Waals surface area contributed by atoms with E-state index in [0.717, 1.165) is 0 Å². The van der Waals surface area contributed by atoms with Crippen LogP contribution in [-0.2, 0) is 4.74 Å². The smallest absolute Gasteiger partial charge is 0.322 e. The highest BCUT2D eigenvalue weighted by Gasteiger charge is 2.20. The van der Waals surface area contributed by atoms with Crippen LogP contribution in [0, 0.1) is 0 Å².